The highest BCUT2D eigenvalue weighted by atomic mass is 35.5. The summed E-state index contributed by atoms with van der Waals surface area (Å²) in [5, 5.41) is 4.05. The van der Waals surface area contributed by atoms with Gasteiger partial charge in [0.05, 0.1) is 12.2 Å². The number of rotatable bonds is 3. The minimum atomic E-state index is 0.397. The lowest BCUT2D eigenvalue weighted by atomic mass is 10.0. The lowest BCUT2D eigenvalue weighted by Gasteiger charge is -2.30. The van der Waals surface area contributed by atoms with Crippen LogP contribution in [0.5, 0.6) is 0 Å². The molecule has 2 aliphatic heterocycles. The molecule has 14 heavy (non-hydrogen) atoms. The quantitative estimate of drug-likeness (QED) is 0.813. The maximum atomic E-state index is 5.82. The van der Waals surface area contributed by atoms with Gasteiger partial charge in [0.15, 0.2) is 0 Å². The Morgan fingerprint density at radius 2 is 2.14 bits per heavy atom. The molecule has 2 heterocycles. The average molecular weight is 236 g/mol. The zero-order valence-corrected chi connectivity index (χ0v) is 9.52. The Morgan fingerprint density at radius 1 is 1.36 bits per heavy atom. The van der Waals surface area contributed by atoms with Crippen molar-refractivity contribution in [3.8, 4) is 0 Å². The standard InChI is InChI=1S/C10H15Cl2NO/c11-5-7(12)6-13-9-3-1-8-2-4-10(9)14-8/h5,8-10,13H,1-4,6H2/b7-5+. The van der Waals surface area contributed by atoms with Crippen LogP contribution in [0.4, 0.5) is 0 Å². The summed E-state index contributed by atoms with van der Waals surface area (Å²) in [6.07, 6.45) is 5.70. The Kier molecular flexibility index (Phi) is 3.72. The minimum Gasteiger partial charge on any atom is -0.373 e. The Morgan fingerprint density at radius 3 is 2.93 bits per heavy atom. The largest absolute Gasteiger partial charge is 0.373 e. The van der Waals surface area contributed by atoms with E-state index < -0.39 is 0 Å². The molecule has 0 saturated carbocycles. The molecule has 3 atom stereocenters. The van der Waals surface area contributed by atoms with Crippen LogP contribution in [0.2, 0.25) is 0 Å². The van der Waals surface area contributed by atoms with E-state index in [0.29, 0.717) is 29.8 Å². The summed E-state index contributed by atoms with van der Waals surface area (Å²) in [4.78, 5) is 0. The summed E-state index contributed by atoms with van der Waals surface area (Å²) in [6, 6.07) is 0.458. The van der Waals surface area contributed by atoms with Gasteiger partial charge in [0.25, 0.3) is 0 Å². The highest BCUT2D eigenvalue weighted by molar-refractivity contribution is 6.36. The normalized spacial score (nSPS) is 37.6. The van der Waals surface area contributed by atoms with Crippen molar-refractivity contribution in [3.05, 3.63) is 10.6 Å². The van der Waals surface area contributed by atoms with Gasteiger partial charge in [-0.15, -0.1) is 0 Å². The zero-order chi connectivity index (χ0) is 9.97. The second kappa shape index (κ2) is 4.84. The van der Waals surface area contributed by atoms with E-state index in [-0.39, 0.29) is 0 Å². The van der Waals surface area contributed by atoms with Crippen molar-refractivity contribution in [2.75, 3.05) is 6.54 Å². The first-order chi connectivity index (χ1) is 6.79. The topological polar surface area (TPSA) is 21.3 Å². The highest BCUT2D eigenvalue weighted by Gasteiger charge is 2.36. The maximum absolute atomic E-state index is 5.82. The molecule has 2 rings (SSSR count). The first kappa shape index (κ1) is 10.7. The van der Waals surface area contributed by atoms with Crippen LogP contribution >= 0.6 is 23.2 Å². The molecule has 0 aromatic heterocycles. The lowest BCUT2D eigenvalue weighted by molar-refractivity contribution is -0.0154. The molecular formula is C10H15Cl2NO. The third-order valence-corrected chi connectivity index (χ3v) is 3.66. The van der Waals surface area contributed by atoms with Crippen LogP contribution in [0.25, 0.3) is 0 Å². The van der Waals surface area contributed by atoms with E-state index in [1.165, 1.54) is 31.2 Å². The Hall–Kier alpha value is 0.240. The lowest BCUT2D eigenvalue weighted by Crippen LogP contribution is -2.43. The molecular weight excluding hydrogens is 221 g/mol. The van der Waals surface area contributed by atoms with Crippen LogP contribution in [0, 0.1) is 0 Å². The fraction of sp³-hybridized carbons (Fsp3) is 0.800. The van der Waals surface area contributed by atoms with Gasteiger partial charge >= 0.3 is 0 Å². The zero-order valence-electron chi connectivity index (χ0n) is 8.01. The molecule has 4 heteroatoms. The SMILES string of the molecule is Cl/C=C(/Cl)CNC1CCC2CCC1O2. The van der Waals surface area contributed by atoms with Gasteiger partial charge in [-0.25, -0.2) is 0 Å². The molecule has 0 aromatic carbocycles. The van der Waals surface area contributed by atoms with Gasteiger partial charge < -0.3 is 10.1 Å². The smallest absolute Gasteiger partial charge is 0.0732 e. The van der Waals surface area contributed by atoms with Crippen LogP contribution in [0.15, 0.2) is 10.6 Å². The predicted molar refractivity (Wildman–Crippen MR) is 58.7 cm³/mol. The van der Waals surface area contributed by atoms with Gasteiger partial charge in [0.1, 0.15) is 0 Å². The third kappa shape index (κ3) is 2.43. The minimum absolute atomic E-state index is 0.397. The summed E-state index contributed by atoms with van der Waals surface area (Å²) in [5.74, 6) is 0. The van der Waals surface area contributed by atoms with Crippen molar-refractivity contribution >= 4 is 23.2 Å². The van der Waals surface area contributed by atoms with Crippen molar-refractivity contribution in [1.82, 2.24) is 5.32 Å². The van der Waals surface area contributed by atoms with Crippen molar-refractivity contribution in [1.29, 1.82) is 0 Å². The van der Waals surface area contributed by atoms with Gasteiger partial charge in [-0.1, -0.05) is 23.2 Å². The Balaban J connectivity index is 1.80. The van der Waals surface area contributed by atoms with Crippen molar-refractivity contribution < 1.29 is 4.74 Å². The second-order valence-electron chi connectivity index (χ2n) is 3.99. The highest BCUT2D eigenvalue weighted by Crippen LogP contribution is 2.32. The van der Waals surface area contributed by atoms with Crippen LogP contribution in [0.1, 0.15) is 25.7 Å². The van der Waals surface area contributed by atoms with Gasteiger partial charge in [-0.05, 0) is 25.7 Å². The number of nitrogens with one attached hydrogen (secondary N) is 1. The number of hydrogen-bond acceptors (Lipinski definition) is 2. The maximum Gasteiger partial charge on any atom is 0.0732 e. The van der Waals surface area contributed by atoms with Crippen molar-refractivity contribution in [2.45, 2.75) is 43.9 Å². The van der Waals surface area contributed by atoms with Crippen LogP contribution in [-0.4, -0.2) is 24.8 Å². The first-order valence-corrected chi connectivity index (χ1v) is 5.94. The molecule has 1 N–H and O–H groups in total. The summed E-state index contributed by atoms with van der Waals surface area (Å²) in [5.41, 5.74) is 1.41. The molecule has 2 bridgehead atoms. The molecule has 0 amide bonds. The van der Waals surface area contributed by atoms with Crippen molar-refractivity contribution in [2.24, 2.45) is 0 Å². The van der Waals surface area contributed by atoms with E-state index in [1.807, 2.05) is 0 Å². The van der Waals surface area contributed by atoms with E-state index >= 15 is 0 Å². The van der Waals surface area contributed by atoms with Crippen molar-refractivity contribution in [3.63, 3.8) is 0 Å². The summed E-state index contributed by atoms with van der Waals surface area (Å²) >= 11 is 11.3. The van der Waals surface area contributed by atoms with E-state index in [0.717, 1.165) is 0 Å². The summed E-state index contributed by atoms with van der Waals surface area (Å²) < 4.78 is 5.82. The molecule has 2 aliphatic rings. The van der Waals surface area contributed by atoms with Gasteiger partial charge in [-0.2, -0.15) is 0 Å². The molecule has 2 fully saturated rings. The van der Waals surface area contributed by atoms with E-state index in [2.05, 4.69) is 5.32 Å². The molecule has 80 valence electrons. The fourth-order valence-electron chi connectivity index (χ4n) is 2.29. The molecule has 0 aliphatic carbocycles. The number of hydrogen-bond donors (Lipinski definition) is 1. The molecule has 3 unspecified atom stereocenters. The number of halogens is 2. The number of ether oxygens (including phenoxy) is 1. The molecule has 2 nitrogen and oxygen atoms in total. The van der Waals surface area contributed by atoms with Gasteiger partial charge in [0.2, 0.25) is 0 Å². The first-order valence-electron chi connectivity index (χ1n) is 5.13. The summed E-state index contributed by atoms with van der Waals surface area (Å²) in [7, 11) is 0. The van der Waals surface area contributed by atoms with E-state index in [9.17, 15) is 0 Å². The van der Waals surface area contributed by atoms with Crippen LogP contribution in [0.3, 0.4) is 0 Å². The number of fused-ring (bicyclic) bond motifs is 2. The second-order valence-corrected chi connectivity index (χ2v) is 4.70. The third-order valence-electron chi connectivity index (χ3n) is 3.04. The predicted octanol–water partition coefficient (Wildman–Crippen LogP) is 2.61. The molecule has 0 spiro atoms. The molecule has 0 aromatic rings. The molecule has 0 radical (unpaired) electrons. The monoisotopic (exact) mass is 235 g/mol. The Bertz CT molecular complexity index is 232. The van der Waals surface area contributed by atoms with E-state index in [1.54, 1.807) is 0 Å². The van der Waals surface area contributed by atoms with Gasteiger partial charge in [0, 0.05) is 23.2 Å². The Labute approximate surface area is 94.6 Å². The van der Waals surface area contributed by atoms with Crippen LogP contribution < -0.4 is 5.32 Å². The average Bonchev–Trinajstić information content (AvgIpc) is 2.60. The van der Waals surface area contributed by atoms with E-state index in [4.69, 9.17) is 27.9 Å². The van der Waals surface area contributed by atoms with Crippen LogP contribution in [-0.2, 0) is 4.74 Å². The molecule has 2 saturated heterocycles. The summed E-state index contributed by atoms with van der Waals surface area (Å²) in [6.45, 7) is 0.653. The fourth-order valence-corrected chi connectivity index (χ4v) is 2.45. The van der Waals surface area contributed by atoms with Gasteiger partial charge in [-0.3, -0.25) is 0 Å².